The summed E-state index contributed by atoms with van der Waals surface area (Å²) in [6, 6.07) is 10.0. The highest BCUT2D eigenvalue weighted by Crippen LogP contribution is 2.21. The van der Waals surface area contributed by atoms with Crippen molar-refractivity contribution in [2.75, 3.05) is 0 Å². The maximum absolute atomic E-state index is 13.6. The number of hydrogen-bond acceptors (Lipinski definition) is 1. The first-order valence-corrected chi connectivity index (χ1v) is 6.60. The molecule has 20 heavy (non-hydrogen) atoms. The zero-order valence-corrected chi connectivity index (χ0v) is 12.0. The van der Waals surface area contributed by atoms with E-state index in [4.69, 9.17) is 11.6 Å². The van der Waals surface area contributed by atoms with Crippen LogP contribution in [-0.4, -0.2) is 5.78 Å². The van der Waals surface area contributed by atoms with Crippen molar-refractivity contribution in [1.82, 2.24) is 0 Å². The molecule has 0 aliphatic carbocycles. The van der Waals surface area contributed by atoms with Gasteiger partial charge in [0.15, 0.2) is 5.78 Å². The van der Waals surface area contributed by atoms with Gasteiger partial charge in [-0.1, -0.05) is 41.4 Å². The van der Waals surface area contributed by atoms with Crippen molar-refractivity contribution in [2.45, 2.75) is 13.8 Å². The van der Waals surface area contributed by atoms with Gasteiger partial charge in [0.05, 0.1) is 5.02 Å². The van der Waals surface area contributed by atoms with Gasteiger partial charge in [0.25, 0.3) is 0 Å². The minimum absolute atomic E-state index is 0.165. The Morgan fingerprint density at radius 3 is 2.60 bits per heavy atom. The molecule has 102 valence electrons. The molecule has 1 nitrogen and oxygen atoms in total. The highest BCUT2D eigenvalue weighted by molar-refractivity contribution is 6.32. The average Bonchev–Trinajstić information content (AvgIpc) is 2.37. The van der Waals surface area contributed by atoms with Crippen molar-refractivity contribution in [3.05, 3.63) is 75.6 Å². The molecule has 0 aliphatic heterocycles. The van der Waals surface area contributed by atoms with Crippen molar-refractivity contribution in [3.8, 4) is 0 Å². The van der Waals surface area contributed by atoms with Gasteiger partial charge >= 0.3 is 0 Å². The Morgan fingerprint density at radius 2 is 1.95 bits per heavy atom. The molecule has 0 unspecified atom stereocenters. The normalized spacial score (nSPS) is 11.0. The van der Waals surface area contributed by atoms with E-state index < -0.39 is 5.82 Å². The van der Waals surface area contributed by atoms with Gasteiger partial charge in [-0.2, -0.15) is 0 Å². The molecular formula is C17H14ClFO. The molecule has 0 bridgehead atoms. The number of carbonyl (C=O) groups excluding carboxylic acids is 1. The smallest absolute Gasteiger partial charge is 0.186 e. The van der Waals surface area contributed by atoms with Crippen molar-refractivity contribution < 1.29 is 9.18 Å². The van der Waals surface area contributed by atoms with E-state index in [2.05, 4.69) is 0 Å². The fourth-order valence-electron chi connectivity index (χ4n) is 2.01. The summed E-state index contributed by atoms with van der Waals surface area (Å²) in [6.07, 6.45) is 2.77. The van der Waals surface area contributed by atoms with E-state index in [-0.39, 0.29) is 16.4 Å². The van der Waals surface area contributed by atoms with Gasteiger partial charge in [-0.3, -0.25) is 4.79 Å². The molecule has 0 aromatic heterocycles. The first kappa shape index (κ1) is 14.5. The molecule has 0 spiro atoms. The van der Waals surface area contributed by atoms with Gasteiger partial charge < -0.3 is 0 Å². The van der Waals surface area contributed by atoms with Crippen LogP contribution in [0.25, 0.3) is 6.08 Å². The maximum atomic E-state index is 13.6. The third-order valence-electron chi connectivity index (χ3n) is 3.05. The minimum atomic E-state index is -0.442. The average molecular weight is 289 g/mol. The molecule has 2 aromatic rings. The molecule has 0 heterocycles. The van der Waals surface area contributed by atoms with Crippen molar-refractivity contribution in [2.24, 2.45) is 0 Å². The predicted octanol–water partition coefficient (Wildman–Crippen LogP) is 4.99. The number of allylic oxidation sites excluding steroid dienone is 1. The second-order valence-corrected chi connectivity index (χ2v) is 5.06. The third-order valence-corrected chi connectivity index (χ3v) is 3.38. The van der Waals surface area contributed by atoms with Crippen molar-refractivity contribution >= 4 is 23.5 Å². The van der Waals surface area contributed by atoms with E-state index >= 15 is 0 Å². The lowest BCUT2D eigenvalue weighted by atomic mass is 10.0. The molecule has 0 atom stereocenters. The largest absolute Gasteiger partial charge is 0.289 e. The van der Waals surface area contributed by atoms with Gasteiger partial charge in [-0.15, -0.1) is 0 Å². The lowest BCUT2D eigenvalue weighted by Gasteiger charge is -2.03. The van der Waals surface area contributed by atoms with Gasteiger partial charge in [0.1, 0.15) is 5.82 Å². The summed E-state index contributed by atoms with van der Waals surface area (Å²) in [7, 11) is 0. The molecule has 3 heteroatoms. The van der Waals surface area contributed by atoms with Crippen molar-refractivity contribution in [1.29, 1.82) is 0 Å². The SMILES string of the molecule is Cc1ccc(C(=O)/C=C/c2c(F)cccc2Cl)c(C)c1. The Balaban J connectivity index is 2.30. The predicted molar refractivity (Wildman–Crippen MR) is 80.7 cm³/mol. The number of hydrogen-bond donors (Lipinski definition) is 0. The first-order valence-electron chi connectivity index (χ1n) is 6.22. The number of benzene rings is 2. The molecule has 0 aliphatic rings. The first-order chi connectivity index (χ1) is 9.49. The molecule has 0 radical (unpaired) electrons. The topological polar surface area (TPSA) is 17.1 Å². The van der Waals surface area contributed by atoms with Crippen LogP contribution in [0.5, 0.6) is 0 Å². The summed E-state index contributed by atoms with van der Waals surface area (Å²) < 4.78 is 13.6. The molecule has 0 saturated heterocycles. The van der Waals surface area contributed by atoms with Gasteiger partial charge in [-0.05, 0) is 43.7 Å². The second kappa shape index (κ2) is 6.02. The second-order valence-electron chi connectivity index (χ2n) is 4.65. The minimum Gasteiger partial charge on any atom is -0.289 e. The Kier molecular flexibility index (Phi) is 4.35. The molecule has 2 rings (SSSR count). The lowest BCUT2D eigenvalue weighted by Crippen LogP contribution is -1.98. The van der Waals surface area contributed by atoms with Crippen molar-refractivity contribution in [3.63, 3.8) is 0 Å². The molecule has 0 saturated carbocycles. The van der Waals surface area contributed by atoms with Crippen LogP contribution in [0.2, 0.25) is 5.02 Å². The highest BCUT2D eigenvalue weighted by Gasteiger charge is 2.07. The van der Waals surface area contributed by atoms with E-state index in [9.17, 15) is 9.18 Å². The Hall–Kier alpha value is -1.93. The van der Waals surface area contributed by atoms with E-state index in [1.807, 2.05) is 26.0 Å². The van der Waals surface area contributed by atoms with Crippen LogP contribution in [0.3, 0.4) is 0 Å². The zero-order chi connectivity index (χ0) is 14.7. The van der Waals surface area contributed by atoms with Gasteiger partial charge in [0.2, 0.25) is 0 Å². The molecular weight excluding hydrogens is 275 g/mol. The molecule has 2 aromatic carbocycles. The van der Waals surface area contributed by atoms with Gasteiger partial charge in [-0.25, -0.2) is 4.39 Å². The lowest BCUT2D eigenvalue weighted by molar-refractivity contribution is 0.104. The quantitative estimate of drug-likeness (QED) is 0.574. The van der Waals surface area contributed by atoms with Crippen LogP contribution < -0.4 is 0 Å². The monoisotopic (exact) mass is 288 g/mol. The Labute approximate surface area is 122 Å². The van der Waals surface area contributed by atoms with Crippen LogP contribution in [0.1, 0.15) is 27.0 Å². The zero-order valence-electron chi connectivity index (χ0n) is 11.3. The summed E-state index contributed by atoms with van der Waals surface area (Å²) in [5.74, 6) is -0.607. The van der Waals surface area contributed by atoms with Crippen LogP contribution in [0, 0.1) is 19.7 Å². The molecule has 0 fully saturated rings. The van der Waals surface area contributed by atoms with E-state index in [1.54, 1.807) is 12.1 Å². The summed E-state index contributed by atoms with van der Waals surface area (Å²) in [6.45, 7) is 3.85. The van der Waals surface area contributed by atoms with Crippen LogP contribution in [-0.2, 0) is 0 Å². The summed E-state index contributed by atoms with van der Waals surface area (Å²) in [5, 5.41) is 0.287. The number of rotatable bonds is 3. The fraction of sp³-hybridized carbons (Fsp3) is 0.118. The number of carbonyl (C=O) groups is 1. The van der Waals surface area contributed by atoms with E-state index in [0.717, 1.165) is 11.1 Å². The number of aryl methyl sites for hydroxylation is 2. The van der Waals surface area contributed by atoms with E-state index in [1.165, 1.54) is 24.3 Å². The third kappa shape index (κ3) is 3.14. The summed E-state index contributed by atoms with van der Waals surface area (Å²) in [4.78, 5) is 12.1. The van der Waals surface area contributed by atoms with E-state index in [0.29, 0.717) is 5.56 Å². The highest BCUT2D eigenvalue weighted by atomic mass is 35.5. The van der Waals surface area contributed by atoms with Crippen LogP contribution in [0.15, 0.2) is 42.5 Å². The summed E-state index contributed by atoms with van der Waals surface area (Å²) in [5.41, 5.74) is 2.84. The number of halogens is 2. The van der Waals surface area contributed by atoms with Crippen LogP contribution in [0.4, 0.5) is 4.39 Å². The Morgan fingerprint density at radius 1 is 1.20 bits per heavy atom. The molecule has 0 N–H and O–H groups in total. The number of ketones is 1. The standard InChI is InChI=1S/C17H14ClFO/c1-11-6-7-13(12(2)10-11)17(20)9-8-14-15(18)4-3-5-16(14)19/h3-10H,1-2H3/b9-8+. The molecule has 0 amide bonds. The Bertz CT molecular complexity index is 669. The summed E-state index contributed by atoms with van der Waals surface area (Å²) >= 11 is 5.91. The fourth-order valence-corrected chi connectivity index (χ4v) is 2.23. The van der Waals surface area contributed by atoms with Crippen LogP contribution >= 0.6 is 11.6 Å². The maximum Gasteiger partial charge on any atom is 0.186 e. The van der Waals surface area contributed by atoms with Gasteiger partial charge in [0, 0.05) is 11.1 Å².